The van der Waals surface area contributed by atoms with Gasteiger partial charge in [0.15, 0.2) is 17.8 Å². The Balaban J connectivity index is 2.76. The van der Waals surface area contributed by atoms with Crippen molar-refractivity contribution in [1.82, 2.24) is 0 Å². The number of carbonyl (C=O) groups excluding carboxylic acids is 2. The average molecular weight is 281 g/mol. The molecule has 0 atom stereocenters. The van der Waals surface area contributed by atoms with E-state index in [9.17, 15) is 9.59 Å². The summed E-state index contributed by atoms with van der Waals surface area (Å²) in [7, 11) is 1.63. The lowest BCUT2D eigenvalue weighted by Crippen LogP contribution is -2.14. The molecule has 1 amide bonds. The van der Waals surface area contributed by atoms with E-state index in [0.29, 0.717) is 25.2 Å². The van der Waals surface area contributed by atoms with Crippen LogP contribution in [0.25, 0.3) is 0 Å². The minimum atomic E-state index is -0.603. The number of amides is 1. The number of hydrogen-bond acceptors (Lipinski definition) is 5. The summed E-state index contributed by atoms with van der Waals surface area (Å²) in [4.78, 5) is 21.7. The van der Waals surface area contributed by atoms with Crippen LogP contribution in [0, 0.1) is 0 Å². The predicted octanol–water partition coefficient (Wildman–Crippen LogP) is 1.17. The molecule has 0 radical (unpaired) electrons. The Morgan fingerprint density at radius 2 is 2.00 bits per heavy atom. The first-order chi connectivity index (χ1) is 9.70. The van der Waals surface area contributed by atoms with Gasteiger partial charge in [-0.2, -0.15) is 0 Å². The van der Waals surface area contributed by atoms with E-state index < -0.39 is 5.91 Å². The summed E-state index contributed by atoms with van der Waals surface area (Å²) in [5.41, 5.74) is 5.54. The summed E-state index contributed by atoms with van der Waals surface area (Å²) in [5.74, 6) is 0.00727. The number of aldehydes is 1. The van der Waals surface area contributed by atoms with Crippen LogP contribution in [-0.4, -0.2) is 39.1 Å². The van der Waals surface area contributed by atoms with E-state index in [1.54, 1.807) is 25.3 Å². The minimum Gasteiger partial charge on any atom is -0.489 e. The standard InChI is InChI=1S/C14H19NO5/c1-18-8-2-3-9-20-13-11(14(15)17)5-4-6-12(13)19-10-7-16/h4-7H,2-3,8-10H2,1H3,(H2,15,17). The van der Waals surface area contributed by atoms with Crippen LogP contribution >= 0.6 is 0 Å². The van der Waals surface area contributed by atoms with Crippen LogP contribution < -0.4 is 15.2 Å². The van der Waals surface area contributed by atoms with Gasteiger partial charge in [0.1, 0.15) is 6.61 Å². The number of para-hydroxylation sites is 1. The SMILES string of the molecule is COCCCCOc1c(OCC=O)cccc1C(N)=O. The van der Waals surface area contributed by atoms with Crippen LogP contribution in [-0.2, 0) is 9.53 Å². The summed E-state index contributed by atoms with van der Waals surface area (Å²) in [5, 5.41) is 0. The number of nitrogens with two attached hydrogens (primary N) is 1. The number of carbonyl (C=O) groups is 2. The zero-order valence-corrected chi connectivity index (χ0v) is 11.5. The monoisotopic (exact) mass is 281 g/mol. The van der Waals surface area contributed by atoms with Crippen LogP contribution in [0.2, 0.25) is 0 Å². The molecule has 0 heterocycles. The topological polar surface area (TPSA) is 87.8 Å². The first-order valence-corrected chi connectivity index (χ1v) is 6.31. The number of ether oxygens (including phenoxy) is 3. The molecule has 1 rings (SSSR count). The zero-order valence-electron chi connectivity index (χ0n) is 11.5. The van der Waals surface area contributed by atoms with Crippen LogP contribution in [0.4, 0.5) is 0 Å². The van der Waals surface area contributed by atoms with Crippen LogP contribution in [0.5, 0.6) is 11.5 Å². The summed E-state index contributed by atoms with van der Waals surface area (Å²) in [6.45, 7) is 0.947. The Bertz CT molecular complexity index is 447. The van der Waals surface area contributed by atoms with E-state index in [2.05, 4.69) is 0 Å². The molecule has 0 spiro atoms. The van der Waals surface area contributed by atoms with Crippen molar-refractivity contribution in [3.05, 3.63) is 23.8 Å². The first kappa shape index (κ1) is 16.0. The van der Waals surface area contributed by atoms with Crippen LogP contribution in [0.15, 0.2) is 18.2 Å². The smallest absolute Gasteiger partial charge is 0.252 e. The third kappa shape index (κ3) is 4.89. The second kappa shape index (κ2) is 8.92. The van der Waals surface area contributed by atoms with Gasteiger partial charge in [0.05, 0.1) is 12.2 Å². The summed E-state index contributed by atoms with van der Waals surface area (Å²) < 4.78 is 15.7. The normalized spacial score (nSPS) is 10.1. The van der Waals surface area contributed by atoms with Crippen molar-refractivity contribution in [3.8, 4) is 11.5 Å². The van der Waals surface area contributed by atoms with Gasteiger partial charge in [-0.25, -0.2) is 0 Å². The highest BCUT2D eigenvalue weighted by molar-refractivity contribution is 5.96. The fourth-order valence-electron chi connectivity index (χ4n) is 1.62. The molecule has 0 saturated carbocycles. The fourth-order valence-corrected chi connectivity index (χ4v) is 1.62. The number of methoxy groups -OCH3 is 1. The lowest BCUT2D eigenvalue weighted by atomic mass is 10.1. The molecule has 0 aliphatic carbocycles. The third-order valence-corrected chi connectivity index (χ3v) is 2.54. The van der Waals surface area contributed by atoms with Crippen molar-refractivity contribution < 1.29 is 23.8 Å². The molecule has 1 aromatic rings. The van der Waals surface area contributed by atoms with Crippen molar-refractivity contribution in [2.24, 2.45) is 5.73 Å². The van der Waals surface area contributed by atoms with E-state index >= 15 is 0 Å². The maximum Gasteiger partial charge on any atom is 0.252 e. The van der Waals surface area contributed by atoms with Crippen LogP contribution in [0.1, 0.15) is 23.2 Å². The van der Waals surface area contributed by atoms with Gasteiger partial charge in [-0.05, 0) is 25.0 Å². The quantitative estimate of drug-likeness (QED) is 0.513. The molecule has 1 aromatic carbocycles. The number of primary amides is 1. The van der Waals surface area contributed by atoms with E-state index in [0.717, 1.165) is 12.8 Å². The van der Waals surface area contributed by atoms with E-state index in [-0.39, 0.29) is 17.9 Å². The van der Waals surface area contributed by atoms with Crippen molar-refractivity contribution in [2.45, 2.75) is 12.8 Å². The van der Waals surface area contributed by atoms with Gasteiger partial charge in [0, 0.05) is 13.7 Å². The highest BCUT2D eigenvalue weighted by atomic mass is 16.5. The Morgan fingerprint density at radius 1 is 1.25 bits per heavy atom. The molecule has 0 fully saturated rings. The van der Waals surface area contributed by atoms with Gasteiger partial charge in [0.2, 0.25) is 0 Å². The summed E-state index contributed by atoms with van der Waals surface area (Å²) >= 11 is 0. The maximum absolute atomic E-state index is 11.4. The van der Waals surface area contributed by atoms with E-state index in [4.69, 9.17) is 19.9 Å². The molecule has 6 heteroatoms. The molecule has 0 aliphatic rings. The molecule has 0 unspecified atom stereocenters. The van der Waals surface area contributed by atoms with Gasteiger partial charge in [-0.15, -0.1) is 0 Å². The fraction of sp³-hybridized carbons (Fsp3) is 0.429. The molecule has 0 aliphatic heterocycles. The molecule has 110 valence electrons. The number of benzene rings is 1. The lowest BCUT2D eigenvalue weighted by Gasteiger charge is -2.14. The highest BCUT2D eigenvalue weighted by Crippen LogP contribution is 2.31. The third-order valence-electron chi connectivity index (χ3n) is 2.54. The molecule has 0 bridgehead atoms. The van der Waals surface area contributed by atoms with Crippen LogP contribution in [0.3, 0.4) is 0 Å². The Labute approximate surface area is 117 Å². The first-order valence-electron chi connectivity index (χ1n) is 6.31. The molecule has 6 nitrogen and oxygen atoms in total. The van der Waals surface area contributed by atoms with E-state index in [1.165, 1.54) is 0 Å². The number of unbranched alkanes of at least 4 members (excludes halogenated alkanes) is 1. The maximum atomic E-state index is 11.4. The summed E-state index contributed by atoms with van der Waals surface area (Å²) in [6.07, 6.45) is 2.24. The minimum absolute atomic E-state index is 0.109. The largest absolute Gasteiger partial charge is 0.489 e. The van der Waals surface area contributed by atoms with Crippen molar-refractivity contribution in [3.63, 3.8) is 0 Å². The highest BCUT2D eigenvalue weighted by Gasteiger charge is 2.15. The molecular formula is C14H19NO5. The lowest BCUT2D eigenvalue weighted by molar-refractivity contribution is -0.109. The van der Waals surface area contributed by atoms with Crippen molar-refractivity contribution >= 4 is 12.2 Å². The Kier molecular flexibility index (Phi) is 7.13. The Morgan fingerprint density at radius 3 is 2.65 bits per heavy atom. The molecule has 2 N–H and O–H groups in total. The van der Waals surface area contributed by atoms with Crippen molar-refractivity contribution in [1.29, 1.82) is 0 Å². The van der Waals surface area contributed by atoms with Gasteiger partial charge in [0.25, 0.3) is 5.91 Å². The summed E-state index contributed by atoms with van der Waals surface area (Å²) in [6, 6.07) is 4.80. The molecular weight excluding hydrogens is 262 g/mol. The van der Waals surface area contributed by atoms with E-state index in [1.807, 2.05) is 0 Å². The predicted molar refractivity (Wildman–Crippen MR) is 73.1 cm³/mol. The molecule has 0 aromatic heterocycles. The second-order valence-corrected chi connectivity index (χ2v) is 4.02. The zero-order chi connectivity index (χ0) is 14.8. The number of rotatable bonds is 10. The number of hydrogen-bond donors (Lipinski definition) is 1. The molecule has 0 saturated heterocycles. The van der Waals surface area contributed by atoms with Crippen molar-refractivity contribution in [2.75, 3.05) is 26.9 Å². The van der Waals surface area contributed by atoms with Gasteiger partial charge in [-0.3, -0.25) is 9.59 Å². The van der Waals surface area contributed by atoms with Gasteiger partial charge < -0.3 is 19.9 Å². The van der Waals surface area contributed by atoms with Gasteiger partial charge >= 0.3 is 0 Å². The van der Waals surface area contributed by atoms with Gasteiger partial charge in [-0.1, -0.05) is 6.07 Å². The average Bonchev–Trinajstić information content (AvgIpc) is 2.45. The molecule has 20 heavy (non-hydrogen) atoms. The second-order valence-electron chi connectivity index (χ2n) is 4.02. The Hall–Kier alpha value is -2.08.